The van der Waals surface area contributed by atoms with E-state index in [-0.39, 0.29) is 0 Å². The lowest BCUT2D eigenvalue weighted by Gasteiger charge is -2.07. The van der Waals surface area contributed by atoms with Crippen molar-refractivity contribution in [2.75, 3.05) is 13.2 Å². The van der Waals surface area contributed by atoms with Crippen LogP contribution in [-0.2, 0) is 0 Å². The number of nitrogens with one attached hydrogen (secondary N) is 1. The molecular weight excluding hydrogens is 290 g/mol. The fourth-order valence-corrected chi connectivity index (χ4v) is 2.32. The Bertz CT molecular complexity index is 352. The van der Waals surface area contributed by atoms with Gasteiger partial charge in [0.15, 0.2) is 0 Å². The molecule has 1 fully saturated rings. The van der Waals surface area contributed by atoms with Crippen molar-refractivity contribution in [2.24, 2.45) is 0 Å². The molecule has 1 aliphatic carbocycles. The molecule has 1 aromatic rings. The van der Waals surface area contributed by atoms with Crippen molar-refractivity contribution in [3.63, 3.8) is 0 Å². The van der Waals surface area contributed by atoms with Crippen LogP contribution in [0.15, 0.2) is 28.7 Å². The molecule has 0 unspecified atom stereocenters. The molecule has 1 saturated carbocycles. The van der Waals surface area contributed by atoms with Gasteiger partial charge in [0.2, 0.25) is 0 Å². The minimum absolute atomic E-state index is 0.818. The number of benzene rings is 1. The zero-order valence-corrected chi connectivity index (χ0v) is 12.4. The first-order chi connectivity index (χ1) is 8.86. The van der Waals surface area contributed by atoms with Crippen LogP contribution in [0.1, 0.15) is 38.5 Å². The molecule has 1 aliphatic rings. The number of unbranched alkanes of at least 4 members (excludes halogenated alkanes) is 3. The molecule has 0 spiro atoms. The van der Waals surface area contributed by atoms with Gasteiger partial charge >= 0.3 is 0 Å². The predicted octanol–water partition coefficient (Wildman–Crippen LogP) is 4.14. The summed E-state index contributed by atoms with van der Waals surface area (Å²) in [6.45, 7) is 2.01. The zero-order valence-electron chi connectivity index (χ0n) is 10.8. The largest absolute Gasteiger partial charge is 0.492 e. The van der Waals surface area contributed by atoms with E-state index >= 15 is 0 Å². The molecule has 2 rings (SSSR count). The fraction of sp³-hybridized carbons (Fsp3) is 0.600. The Morgan fingerprint density at radius 1 is 1.11 bits per heavy atom. The van der Waals surface area contributed by atoms with Crippen molar-refractivity contribution in [3.05, 3.63) is 28.7 Å². The van der Waals surface area contributed by atoms with Crippen molar-refractivity contribution in [1.29, 1.82) is 0 Å². The standard InChI is InChI=1S/C15H22BrNO/c16-14-7-3-4-8-15(14)18-12-6-2-1-5-11-17-13-9-10-13/h3-4,7-8,13,17H,1-2,5-6,9-12H2. The molecule has 0 heterocycles. The van der Waals surface area contributed by atoms with E-state index in [1.807, 2.05) is 24.3 Å². The molecule has 0 aliphatic heterocycles. The highest BCUT2D eigenvalue weighted by atomic mass is 79.9. The topological polar surface area (TPSA) is 21.3 Å². The quantitative estimate of drug-likeness (QED) is 0.692. The number of ether oxygens (including phenoxy) is 1. The Morgan fingerprint density at radius 2 is 1.89 bits per heavy atom. The van der Waals surface area contributed by atoms with Gasteiger partial charge in [0.1, 0.15) is 5.75 Å². The molecule has 3 heteroatoms. The molecule has 100 valence electrons. The molecule has 18 heavy (non-hydrogen) atoms. The molecule has 0 aromatic heterocycles. The molecule has 0 radical (unpaired) electrons. The second kappa shape index (κ2) is 7.80. The van der Waals surface area contributed by atoms with E-state index in [9.17, 15) is 0 Å². The van der Waals surface area contributed by atoms with Gasteiger partial charge in [-0.25, -0.2) is 0 Å². The molecule has 1 N–H and O–H groups in total. The zero-order chi connectivity index (χ0) is 12.6. The van der Waals surface area contributed by atoms with Crippen molar-refractivity contribution < 1.29 is 4.74 Å². The van der Waals surface area contributed by atoms with Crippen LogP contribution >= 0.6 is 15.9 Å². The van der Waals surface area contributed by atoms with Crippen LogP contribution in [0.25, 0.3) is 0 Å². The first kappa shape index (κ1) is 13.9. The Hall–Kier alpha value is -0.540. The third-order valence-electron chi connectivity index (χ3n) is 3.18. The summed E-state index contributed by atoms with van der Waals surface area (Å²) >= 11 is 3.49. The Balaban J connectivity index is 1.44. The molecular formula is C15H22BrNO. The number of para-hydroxylation sites is 1. The van der Waals surface area contributed by atoms with Gasteiger partial charge in [-0.15, -0.1) is 0 Å². The van der Waals surface area contributed by atoms with E-state index in [4.69, 9.17) is 4.74 Å². The van der Waals surface area contributed by atoms with E-state index in [1.165, 1.54) is 38.6 Å². The molecule has 0 bridgehead atoms. The SMILES string of the molecule is Brc1ccccc1OCCCCCCNC1CC1. The van der Waals surface area contributed by atoms with Gasteiger partial charge in [-0.3, -0.25) is 0 Å². The maximum atomic E-state index is 5.73. The maximum absolute atomic E-state index is 5.73. The summed E-state index contributed by atoms with van der Waals surface area (Å²) in [5.74, 6) is 0.952. The van der Waals surface area contributed by atoms with E-state index in [0.29, 0.717) is 0 Å². The smallest absolute Gasteiger partial charge is 0.133 e. The van der Waals surface area contributed by atoms with Crippen LogP contribution in [-0.4, -0.2) is 19.2 Å². The molecule has 0 amide bonds. The Kier molecular flexibility index (Phi) is 6.01. The average Bonchev–Trinajstić information content (AvgIpc) is 3.19. The van der Waals surface area contributed by atoms with Crippen molar-refractivity contribution >= 4 is 15.9 Å². The Labute approximate surface area is 118 Å². The van der Waals surface area contributed by atoms with Crippen LogP contribution in [0.2, 0.25) is 0 Å². The van der Waals surface area contributed by atoms with E-state index in [0.717, 1.165) is 29.3 Å². The predicted molar refractivity (Wildman–Crippen MR) is 79.1 cm³/mol. The van der Waals surface area contributed by atoms with Crippen molar-refractivity contribution in [2.45, 2.75) is 44.6 Å². The lowest BCUT2D eigenvalue weighted by atomic mass is 10.2. The first-order valence-electron chi connectivity index (χ1n) is 6.97. The highest BCUT2D eigenvalue weighted by molar-refractivity contribution is 9.10. The normalized spacial score (nSPS) is 14.7. The summed E-state index contributed by atoms with van der Waals surface area (Å²) in [6, 6.07) is 8.87. The highest BCUT2D eigenvalue weighted by Crippen LogP contribution is 2.24. The van der Waals surface area contributed by atoms with Gasteiger partial charge in [0, 0.05) is 6.04 Å². The second-order valence-electron chi connectivity index (χ2n) is 4.92. The molecule has 2 nitrogen and oxygen atoms in total. The lowest BCUT2D eigenvalue weighted by molar-refractivity contribution is 0.302. The van der Waals surface area contributed by atoms with Gasteiger partial charge in [0.05, 0.1) is 11.1 Å². The molecule has 1 aromatic carbocycles. The second-order valence-corrected chi connectivity index (χ2v) is 5.78. The first-order valence-corrected chi connectivity index (χ1v) is 7.76. The lowest BCUT2D eigenvalue weighted by Crippen LogP contribution is -2.17. The van der Waals surface area contributed by atoms with Crippen molar-refractivity contribution in [1.82, 2.24) is 5.32 Å². The third kappa shape index (κ3) is 5.40. The van der Waals surface area contributed by atoms with E-state index in [1.54, 1.807) is 0 Å². The molecule has 0 saturated heterocycles. The molecule has 0 atom stereocenters. The van der Waals surface area contributed by atoms with Gasteiger partial charge in [0.25, 0.3) is 0 Å². The van der Waals surface area contributed by atoms with Gasteiger partial charge in [-0.1, -0.05) is 25.0 Å². The summed E-state index contributed by atoms with van der Waals surface area (Å²) in [7, 11) is 0. The third-order valence-corrected chi connectivity index (χ3v) is 3.83. The van der Waals surface area contributed by atoms with E-state index in [2.05, 4.69) is 21.2 Å². The van der Waals surface area contributed by atoms with Crippen LogP contribution < -0.4 is 10.1 Å². The van der Waals surface area contributed by atoms with Crippen LogP contribution in [0, 0.1) is 0 Å². The van der Waals surface area contributed by atoms with Crippen LogP contribution in [0.3, 0.4) is 0 Å². The van der Waals surface area contributed by atoms with Crippen LogP contribution in [0.4, 0.5) is 0 Å². The number of rotatable bonds is 9. The average molecular weight is 312 g/mol. The summed E-state index contributed by atoms with van der Waals surface area (Å²) in [5, 5.41) is 3.54. The summed E-state index contributed by atoms with van der Waals surface area (Å²) in [5.41, 5.74) is 0. The fourth-order valence-electron chi connectivity index (χ4n) is 1.92. The summed E-state index contributed by atoms with van der Waals surface area (Å²) in [6.07, 6.45) is 7.78. The van der Waals surface area contributed by atoms with Crippen molar-refractivity contribution in [3.8, 4) is 5.75 Å². The Morgan fingerprint density at radius 3 is 2.67 bits per heavy atom. The monoisotopic (exact) mass is 311 g/mol. The van der Waals surface area contributed by atoms with E-state index < -0.39 is 0 Å². The minimum Gasteiger partial charge on any atom is -0.492 e. The van der Waals surface area contributed by atoms with Gasteiger partial charge in [-0.05, 0) is 60.3 Å². The van der Waals surface area contributed by atoms with Gasteiger partial charge in [-0.2, -0.15) is 0 Å². The minimum atomic E-state index is 0.818. The number of halogens is 1. The number of hydrogen-bond acceptors (Lipinski definition) is 2. The summed E-state index contributed by atoms with van der Waals surface area (Å²) < 4.78 is 6.77. The summed E-state index contributed by atoms with van der Waals surface area (Å²) in [4.78, 5) is 0. The van der Waals surface area contributed by atoms with Gasteiger partial charge < -0.3 is 10.1 Å². The number of hydrogen-bond donors (Lipinski definition) is 1. The highest BCUT2D eigenvalue weighted by Gasteiger charge is 2.19. The maximum Gasteiger partial charge on any atom is 0.133 e. The van der Waals surface area contributed by atoms with Crippen LogP contribution in [0.5, 0.6) is 5.75 Å².